The number of benzene rings is 8. The summed E-state index contributed by atoms with van der Waals surface area (Å²) in [5, 5.41) is 7.84. The van der Waals surface area contributed by atoms with Crippen molar-refractivity contribution in [1.29, 1.82) is 0 Å². The van der Waals surface area contributed by atoms with E-state index in [0.717, 1.165) is 34.6 Å². The number of hydrogen-bond donors (Lipinski definition) is 0. The Hall–Kier alpha value is -6.23. The van der Waals surface area contributed by atoms with E-state index in [1.54, 1.807) is 0 Å². The second kappa shape index (κ2) is 19.7. The minimum absolute atomic E-state index is 0.221. The van der Waals surface area contributed by atoms with Gasteiger partial charge in [-0.2, -0.15) is 0 Å². The average molecular weight is 813 g/mol. The molecule has 8 aromatic carbocycles. The second-order valence-corrected chi connectivity index (χ2v) is 22.2. The number of ketones is 1. The summed E-state index contributed by atoms with van der Waals surface area (Å²) in [6.07, 6.45) is 6.77. The molecule has 60 heavy (non-hydrogen) atoms. The second-order valence-electron chi connectivity index (χ2n) is 15.3. The average Bonchev–Trinajstić information content (AvgIpc) is 3.32. The van der Waals surface area contributed by atoms with Gasteiger partial charge in [-0.3, -0.25) is 4.79 Å². The lowest BCUT2D eigenvalue weighted by Crippen LogP contribution is -2.34. The Bertz CT molecular complexity index is 2230. The zero-order valence-corrected chi connectivity index (χ0v) is 35.7. The molecule has 0 aliphatic rings. The first-order valence-corrected chi connectivity index (χ1v) is 24.7. The quantitative estimate of drug-likeness (QED) is 0.0889. The zero-order chi connectivity index (χ0) is 40.9. The summed E-state index contributed by atoms with van der Waals surface area (Å²) >= 11 is 0. The van der Waals surface area contributed by atoms with Crippen LogP contribution < -0.4 is 31.8 Å². The topological polar surface area (TPSA) is 17.1 Å². The van der Waals surface area contributed by atoms with Crippen LogP contribution in [0, 0.1) is 0 Å². The van der Waals surface area contributed by atoms with Gasteiger partial charge in [-0.05, 0) is 95.1 Å². The third-order valence-electron chi connectivity index (χ3n) is 11.3. The van der Waals surface area contributed by atoms with Gasteiger partial charge in [0.25, 0.3) is 0 Å². The highest BCUT2D eigenvalue weighted by Crippen LogP contribution is 2.58. The Morgan fingerprint density at radius 1 is 0.300 bits per heavy atom. The van der Waals surface area contributed by atoms with E-state index in [1.165, 1.54) is 31.8 Å². The van der Waals surface area contributed by atoms with Crippen LogP contribution in [0.3, 0.4) is 0 Å². The molecule has 0 aliphatic carbocycles. The van der Waals surface area contributed by atoms with Gasteiger partial charge in [-0.1, -0.05) is 182 Å². The maximum absolute atomic E-state index is 15.2. The molecule has 0 heterocycles. The molecule has 0 bridgehead atoms. The van der Waals surface area contributed by atoms with E-state index < -0.39 is 14.5 Å². The third kappa shape index (κ3) is 9.30. The smallest absolute Gasteiger partial charge is 0.141 e. The fourth-order valence-electron chi connectivity index (χ4n) is 8.59. The normalized spacial score (nSPS) is 12.2. The van der Waals surface area contributed by atoms with Gasteiger partial charge in [-0.25, -0.2) is 0 Å². The first kappa shape index (κ1) is 40.5. The first-order chi connectivity index (χ1) is 29.6. The molecule has 8 aromatic rings. The summed E-state index contributed by atoms with van der Waals surface area (Å²) in [4.78, 5) is 15.2. The highest BCUT2D eigenvalue weighted by molar-refractivity contribution is 7.96. The van der Waals surface area contributed by atoms with Crippen molar-refractivity contribution in [3.8, 4) is 0 Å². The van der Waals surface area contributed by atoms with Gasteiger partial charge >= 0.3 is 0 Å². The molecular formula is C57H50OP2+2. The van der Waals surface area contributed by atoms with Crippen LogP contribution in [0.4, 0.5) is 0 Å². The molecule has 0 spiro atoms. The maximum Gasteiger partial charge on any atom is 0.141 e. The number of carbonyl (C=O) groups excluding carboxylic acids is 1. The number of allylic oxidation sites excluding steroid dienone is 2. The van der Waals surface area contributed by atoms with Gasteiger partial charge in [-0.15, -0.1) is 0 Å². The van der Waals surface area contributed by atoms with Crippen LogP contribution in [0.5, 0.6) is 0 Å². The van der Waals surface area contributed by atoms with Crippen molar-refractivity contribution in [2.45, 2.75) is 12.8 Å². The van der Waals surface area contributed by atoms with Gasteiger partial charge in [0.1, 0.15) is 52.1 Å². The first-order valence-electron chi connectivity index (χ1n) is 20.7. The largest absolute Gasteiger partial charge is 0.299 e. The van der Waals surface area contributed by atoms with E-state index in [4.69, 9.17) is 0 Å². The molecular weight excluding hydrogens is 763 g/mol. The standard InChI is InChI=1S/C57H50OP2/c58-51(43-49(41-47-25-9-1-10-26-47)45-59(52-29-13-3-14-30-52,53-31-15-4-16-32-53)54-33-17-5-18-34-54)44-50(42-48-27-11-2-12-28-48)46-60(55-35-19-6-20-36-55,56-37-21-7-22-38-56)57-39-23-8-24-40-57/h1-42H,43-46H2/q+2/b49-41-,50-42+. The Morgan fingerprint density at radius 2 is 0.500 bits per heavy atom. The van der Waals surface area contributed by atoms with E-state index in [1.807, 2.05) is 0 Å². The molecule has 0 fully saturated rings. The minimum atomic E-state index is -2.27. The van der Waals surface area contributed by atoms with Crippen molar-refractivity contribution in [2.24, 2.45) is 0 Å². The van der Waals surface area contributed by atoms with Crippen LogP contribution in [0.15, 0.2) is 254 Å². The fraction of sp³-hybridized carbons (Fsp3) is 0.0702. The lowest BCUT2D eigenvalue weighted by atomic mass is 10.0. The molecule has 8 rings (SSSR count). The Kier molecular flexibility index (Phi) is 13.3. The summed E-state index contributed by atoms with van der Waals surface area (Å²) in [7, 11) is -4.55. The van der Waals surface area contributed by atoms with Gasteiger partial charge < -0.3 is 0 Å². The van der Waals surface area contributed by atoms with Crippen molar-refractivity contribution in [3.63, 3.8) is 0 Å². The van der Waals surface area contributed by atoms with E-state index in [9.17, 15) is 0 Å². The van der Waals surface area contributed by atoms with Gasteiger partial charge in [0, 0.05) is 12.8 Å². The monoisotopic (exact) mass is 812 g/mol. The fourth-order valence-corrected chi connectivity index (χ4v) is 17.2. The summed E-state index contributed by atoms with van der Waals surface area (Å²) < 4.78 is 0. The number of rotatable bonds is 16. The molecule has 0 saturated heterocycles. The van der Waals surface area contributed by atoms with Crippen LogP contribution in [0.1, 0.15) is 24.0 Å². The van der Waals surface area contributed by atoms with Gasteiger partial charge in [0.05, 0.1) is 12.3 Å². The van der Waals surface area contributed by atoms with E-state index in [0.29, 0.717) is 12.8 Å². The maximum atomic E-state index is 15.2. The minimum Gasteiger partial charge on any atom is -0.299 e. The summed E-state index contributed by atoms with van der Waals surface area (Å²) in [6.45, 7) is 0. The van der Waals surface area contributed by atoms with Crippen LogP contribution in [0.2, 0.25) is 0 Å². The van der Waals surface area contributed by atoms with Gasteiger partial charge in [0.15, 0.2) is 0 Å². The summed E-state index contributed by atoms with van der Waals surface area (Å²) in [6, 6.07) is 87.0. The molecule has 0 aromatic heterocycles. The predicted octanol–water partition coefficient (Wildman–Crippen LogP) is 11.5. The van der Waals surface area contributed by atoms with E-state index in [2.05, 4.69) is 255 Å². The van der Waals surface area contributed by atoms with Crippen molar-refractivity contribution in [2.75, 3.05) is 12.3 Å². The Morgan fingerprint density at radius 3 is 0.717 bits per heavy atom. The van der Waals surface area contributed by atoms with Crippen molar-refractivity contribution in [3.05, 3.63) is 265 Å². The molecule has 0 radical (unpaired) electrons. The van der Waals surface area contributed by atoms with Crippen LogP contribution >= 0.6 is 14.5 Å². The Balaban J connectivity index is 1.24. The molecule has 0 atom stereocenters. The van der Waals surface area contributed by atoms with Crippen molar-refractivity contribution < 1.29 is 4.79 Å². The molecule has 0 N–H and O–H groups in total. The molecule has 0 saturated carbocycles. The lowest BCUT2D eigenvalue weighted by molar-refractivity contribution is -0.117. The SMILES string of the molecule is O=C(C/C(=C/c1ccccc1)C[P+](c1ccccc1)(c1ccccc1)c1ccccc1)C/C(=C\c1ccccc1)C[P+](c1ccccc1)(c1ccccc1)c1ccccc1. The van der Waals surface area contributed by atoms with Crippen LogP contribution in [0.25, 0.3) is 12.2 Å². The van der Waals surface area contributed by atoms with Crippen LogP contribution in [-0.4, -0.2) is 18.1 Å². The number of Topliss-reactive ketones (excluding diaryl/α,β-unsaturated/α-hetero) is 1. The molecule has 1 nitrogen and oxygen atoms in total. The Labute approximate surface area is 357 Å². The lowest BCUT2D eigenvalue weighted by Gasteiger charge is -2.29. The molecule has 292 valence electrons. The predicted molar refractivity (Wildman–Crippen MR) is 263 cm³/mol. The number of carbonyl (C=O) groups is 1. The molecule has 3 heteroatoms. The van der Waals surface area contributed by atoms with Crippen molar-refractivity contribution in [1.82, 2.24) is 0 Å². The highest BCUT2D eigenvalue weighted by atomic mass is 31.2. The van der Waals surface area contributed by atoms with E-state index in [-0.39, 0.29) is 5.78 Å². The molecule has 0 unspecified atom stereocenters. The highest BCUT2D eigenvalue weighted by Gasteiger charge is 2.47. The molecule has 0 amide bonds. The van der Waals surface area contributed by atoms with Gasteiger partial charge in [0.2, 0.25) is 0 Å². The number of hydrogen-bond acceptors (Lipinski definition) is 1. The summed E-state index contributed by atoms with van der Waals surface area (Å²) in [5.41, 5.74) is 4.50. The van der Waals surface area contributed by atoms with Crippen LogP contribution in [-0.2, 0) is 4.79 Å². The summed E-state index contributed by atoms with van der Waals surface area (Å²) in [5.74, 6) is 0.221. The van der Waals surface area contributed by atoms with Crippen molar-refractivity contribution >= 4 is 64.3 Å². The molecule has 0 aliphatic heterocycles. The zero-order valence-electron chi connectivity index (χ0n) is 33.9. The third-order valence-corrected chi connectivity index (χ3v) is 20.1. The van der Waals surface area contributed by atoms with E-state index >= 15 is 4.79 Å².